The summed E-state index contributed by atoms with van der Waals surface area (Å²) in [6.07, 6.45) is 3.12. The Morgan fingerprint density at radius 2 is 1.16 bits per heavy atom. The van der Waals surface area contributed by atoms with Crippen LogP contribution in [0.3, 0.4) is 0 Å². The first-order valence-electron chi connectivity index (χ1n) is 15.8. The average Bonchev–Trinajstić information content (AvgIpc) is 3.79. The molecule has 0 radical (unpaired) electrons. The summed E-state index contributed by atoms with van der Waals surface area (Å²) >= 11 is 0. The summed E-state index contributed by atoms with van der Waals surface area (Å²) in [7, 11) is 3.47. The maximum atomic E-state index is 12.4. The number of nitrogens with zero attached hydrogens (tertiary/aromatic N) is 4. The van der Waals surface area contributed by atoms with Crippen molar-refractivity contribution in [3.05, 3.63) is 71.3 Å². The molecule has 0 aliphatic carbocycles. The van der Waals surface area contributed by atoms with E-state index in [4.69, 9.17) is 20.9 Å². The zero-order valence-electron chi connectivity index (χ0n) is 27.3. The summed E-state index contributed by atoms with van der Waals surface area (Å²) in [5.41, 5.74) is 18.6. The normalized spacial score (nSPS) is 14.9. The van der Waals surface area contributed by atoms with Crippen LogP contribution >= 0.6 is 0 Å². The molecule has 6 rings (SSSR count). The van der Waals surface area contributed by atoms with Gasteiger partial charge in [0.25, 0.3) is 11.8 Å². The lowest BCUT2D eigenvalue weighted by Crippen LogP contribution is -2.35. The summed E-state index contributed by atoms with van der Waals surface area (Å²) in [5.74, 6) is -0.573. The molecule has 0 spiro atoms. The van der Waals surface area contributed by atoms with Gasteiger partial charge in [-0.25, -0.2) is 0 Å². The van der Waals surface area contributed by atoms with Crippen LogP contribution in [0.15, 0.2) is 48.8 Å². The minimum Gasteiger partial charge on any atom is -0.397 e. The number of nitrogens with two attached hydrogens (primary N) is 2. The molecule has 2 saturated heterocycles. The Bertz CT molecular complexity index is 1660. The monoisotopic (exact) mass is 676 g/mol. The molecule has 10 N–H and O–H groups in total. The molecule has 49 heavy (non-hydrogen) atoms. The van der Waals surface area contributed by atoms with Gasteiger partial charge in [-0.1, -0.05) is 19.6 Å². The van der Waals surface area contributed by atoms with Gasteiger partial charge in [-0.15, -0.1) is 0 Å². The fourth-order valence-electron chi connectivity index (χ4n) is 5.34. The third-order valence-corrected chi connectivity index (χ3v) is 8.02. The minimum atomic E-state index is -0.288. The van der Waals surface area contributed by atoms with E-state index in [0.717, 1.165) is 76.8 Å². The van der Waals surface area contributed by atoms with Crippen LogP contribution in [0.4, 0.5) is 34.1 Å². The first-order valence-corrected chi connectivity index (χ1v) is 15.8. The summed E-state index contributed by atoms with van der Waals surface area (Å²) < 4.78 is 10.7. The zero-order chi connectivity index (χ0) is 33.9. The topological polar surface area (TPSA) is 217 Å². The lowest BCUT2D eigenvalue weighted by molar-refractivity contribution is 0.0341. The van der Waals surface area contributed by atoms with E-state index in [1.165, 1.54) is 0 Å². The van der Waals surface area contributed by atoms with E-state index in [-0.39, 0.29) is 19.2 Å². The number of amides is 2. The van der Waals surface area contributed by atoms with Crippen LogP contribution in [-0.4, -0.2) is 109 Å². The van der Waals surface area contributed by atoms with Crippen molar-refractivity contribution in [2.45, 2.75) is 20.5 Å². The molecule has 16 nitrogen and oxygen atoms in total. The molecule has 2 aliphatic heterocycles. The van der Waals surface area contributed by atoms with Crippen molar-refractivity contribution in [2.24, 2.45) is 0 Å². The predicted octanol–water partition coefficient (Wildman–Crippen LogP) is 2.87. The second kappa shape index (κ2) is 17.8. The lowest BCUT2D eigenvalue weighted by atomic mass is 10.1. The standard InChI is InChI=1S/2C16H22N6O2.CH4/c1-18-14-9-19-21-15(14)16(23)20-13-3-2-11(8-12(13)17)10-22-4-6-24-7-5-22;1-18-14-9-19-21-15(14)16(23)20-13-8-11(2-3-12(13)17)10-22-4-6-24-7-5-22;/h2*2-3,8-9,18H,4-7,10,17H2,1H3,(H,19,21)(H,20,23);1H4. The Morgan fingerprint density at radius 1 is 0.694 bits per heavy atom. The number of aromatic amines is 2. The number of anilines is 6. The van der Waals surface area contributed by atoms with Crippen molar-refractivity contribution in [2.75, 3.05) is 99.4 Å². The molecule has 4 heterocycles. The number of nitrogens with one attached hydrogen (secondary N) is 6. The molecule has 16 heteroatoms. The van der Waals surface area contributed by atoms with Gasteiger partial charge in [0, 0.05) is 53.4 Å². The van der Waals surface area contributed by atoms with Gasteiger partial charge in [-0.05, 0) is 35.4 Å². The van der Waals surface area contributed by atoms with Crippen molar-refractivity contribution in [3.63, 3.8) is 0 Å². The molecule has 0 atom stereocenters. The number of hydrogen-bond donors (Lipinski definition) is 8. The Labute approximate surface area is 286 Å². The van der Waals surface area contributed by atoms with Gasteiger partial charge < -0.3 is 42.2 Å². The number of benzene rings is 2. The van der Waals surface area contributed by atoms with E-state index in [2.05, 4.69) is 51.5 Å². The zero-order valence-corrected chi connectivity index (χ0v) is 27.3. The van der Waals surface area contributed by atoms with Crippen molar-refractivity contribution >= 4 is 45.9 Å². The number of H-pyrrole nitrogens is 2. The number of ether oxygens (including phenoxy) is 2. The van der Waals surface area contributed by atoms with Crippen LogP contribution in [-0.2, 0) is 22.6 Å². The highest BCUT2D eigenvalue weighted by Gasteiger charge is 2.17. The largest absolute Gasteiger partial charge is 0.397 e. The van der Waals surface area contributed by atoms with Crippen molar-refractivity contribution < 1.29 is 19.1 Å². The van der Waals surface area contributed by atoms with E-state index < -0.39 is 0 Å². The number of carbonyl (C=O) groups is 2. The molecule has 264 valence electrons. The highest BCUT2D eigenvalue weighted by atomic mass is 16.5. The fourth-order valence-corrected chi connectivity index (χ4v) is 5.34. The van der Waals surface area contributed by atoms with Crippen molar-refractivity contribution in [1.29, 1.82) is 0 Å². The second-order valence-electron chi connectivity index (χ2n) is 11.3. The molecular weight excluding hydrogens is 628 g/mol. The lowest BCUT2D eigenvalue weighted by Gasteiger charge is -2.26. The number of morpholine rings is 2. The first-order chi connectivity index (χ1) is 23.3. The van der Waals surface area contributed by atoms with E-state index in [1.807, 2.05) is 36.4 Å². The molecule has 0 bridgehead atoms. The molecule has 0 unspecified atom stereocenters. The third kappa shape index (κ3) is 9.93. The van der Waals surface area contributed by atoms with Gasteiger partial charge in [0.15, 0.2) is 0 Å². The number of nitrogen functional groups attached to an aromatic ring is 2. The molecule has 2 aliphatic rings. The third-order valence-electron chi connectivity index (χ3n) is 8.02. The van der Waals surface area contributed by atoms with Crippen molar-refractivity contribution in [3.8, 4) is 0 Å². The van der Waals surface area contributed by atoms with Crippen molar-refractivity contribution in [1.82, 2.24) is 30.2 Å². The highest BCUT2D eigenvalue weighted by Crippen LogP contribution is 2.24. The number of aromatic nitrogens is 4. The first kappa shape index (κ1) is 36.7. The van der Waals surface area contributed by atoms with Gasteiger partial charge in [-0.2, -0.15) is 10.2 Å². The predicted molar refractivity (Wildman–Crippen MR) is 193 cm³/mol. The van der Waals surface area contributed by atoms with Crippen LogP contribution in [0.5, 0.6) is 0 Å². The van der Waals surface area contributed by atoms with Crippen LogP contribution in [0.2, 0.25) is 0 Å². The van der Waals surface area contributed by atoms with Crippen LogP contribution in [0.25, 0.3) is 0 Å². The van der Waals surface area contributed by atoms with Gasteiger partial charge in [0.1, 0.15) is 11.4 Å². The Kier molecular flexibility index (Phi) is 13.4. The Balaban J connectivity index is 0.000000216. The van der Waals surface area contributed by atoms with E-state index in [9.17, 15) is 9.59 Å². The van der Waals surface area contributed by atoms with Gasteiger partial charge in [0.2, 0.25) is 0 Å². The smallest absolute Gasteiger partial charge is 0.275 e. The van der Waals surface area contributed by atoms with Crippen LogP contribution in [0.1, 0.15) is 39.5 Å². The van der Waals surface area contributed by atoms with Gasteiger partial charge in [-0.3, -0.25) is 29.6 Å². The number of hydrogen-bond acceptors (Lipinski definition) is 12. The fraction of sp³-hybridized carbons (Fsp3) is 0.394. The molecular formula is C33H48N12O4. The summed E-state index contributed by atoms with van der Waals surface area (Å²) in [6.45, 7) is 8.33. The minimum absolute atomic E-state index is 0. The summed E-state index contributed by atoms with van der Waals surface area (Å²) in [6, 6.07) is 11.4. The SMILES string of the molecule is C.CNc1cn[nH]c1C(=O)Nc1cc(CN2CCOCC2)ccc1N.CNc1cn[nH]c1C(=O)Nc1ccc(CN2CCOCC2)cc1N. The summed E-state index contributed by atoms with van der Waals surface area (Å²) in [4.78, 5) is 29.3. The second-order valence-corrected chi connectivity index (χ2v) is 11.3. The Morgan fingerprint density at radius 3 is 1.65 bits per heavy atom. The average molecular weight is 677 g/mol. The van der Waals surface area contributed by atoms with E-state index in [0.29, 0.717) is 45.5 Å². The van der Waals surface area contributed by atoms with Crippen LogP contribution in [0, 0.1) is 0 Å². The quantitative estimate of drug-likeness (QED) is 0.114. The molecule has 2 fully saturated rings. The molecule has 2 aromatic carbocycles. The molecule has 2 aromatic heterocycles. The number of carbonyl (C=O) groups excluding carboxylic acids is 2. The molecule has 2 amide bonds. The van der Waals surface area contributed by atoms with Crippen LogP contribution < -0.4 is 32.7 Å². The van der Waals surface area contributed by atoms with E-state index in [1.54, 1.807) is 26.5 Å². The summed E-state index contributed by atoms with van der Waals surface area (Å²) in [5, 5.41) is 24.6. The highest BCUT2D eigenvalue weighted by molar-refractivity contribution is 6.08. The van der Waals surface area contributed by atoms with E-state index >= 15 is 0 Å². The maximum absolute atomic E-state index is 12.4. The molecule has 0 saturated carbocycles. The maximum Gasteiger partial charge on any atom is 0.275 e. The van der Waals surface area contributed by atoms with Gasteiger partial charge in [0.05, 0.1) is 72.9 Å². The number of rotatable bonds is 10. The van der Waals surface area contributed by atoms with Gasteiger partial charge >= 0.3 is 0 Å². The molecule has 4 aromatic rings. The Hall–Kier alpha value is -5.16.